The first-order valence-electron chi connectivity index (χ1n) is 7.97. The monoisotopic (exact) mass is 361 g/mol. The molecule has 0 saturated carbocycles. The molecule has 2 aliphatic carbocycles. The normalized spacial score (nSPS) is 28.3. The molecule has 0 aromatic carbocycles. The van der Waals surface area contributed by atoms with Crippen molar-refractivity contribution in [3.05, 3.63) is 28.2 Å². The maximum Gasteiger partial charge on any atom is 0.0319 e. The summed E-state index contributed by atoms with van der Waals surface area (Å²) in [4.78, 5) is 0. The van der Waals surface area contributed by atoms with Gasteiger partial charge in [0.2, 0.25) is 0 Å². The number of allylic oxidation sites excluding steroid dienone is 4. The summed E-state index contributed by atoms with van der Waals surface area (Å²) >= 11 is 0. The van der Waals surface area contributed by atoms with Crippen LogP contribution >= 0.6 is 0 Å². The summed E-state index contributed by atoms with van der Waals surface area (Å²) in [5, 5.41) is 21.0. The van der Waals surface area contributed by atoms with Gasteiger partial charge in [-0.2, -0.15) is 22.6 Å². The Kier molecular flexibility index (Phi) is 16.0. The molecular formula is C19H37O3Ti-. The van der Waals surface area contributed by atoms with Gasteiger partial charge >= 0.3 is 0 Å². The van der Waals surface area contributed by atoms with Gasteiger partial charge in [0.1, 0.15) is 0 Å². The smallest absolute Gasteiger partial charge is 0.0319 e. The van der Waals surface area contributed by atoms with Crippen molar-refractivity contribution in [2.75, 3.05) is 21.3 Å². The summed E-state index contributed by atoms with van der Waals surface area (Å²) in [5.41, 5.74) is 6.50. The molecule has 0 fully saturated rings. The molecule has 3 N–H and O–H groups in total. The molecule has 0 aliphatic heterocycles. The number of hydrogen-bond donors (Lipinski definition) is 3. The molecule has 136 valence electrons. The predicted octanol–water partition coefficient (Wildman–Crippen LogP) is 3.61. The van der Waals surface area contributed by atoms with E-state index in [2.05, 4.69) is 48.5 Å². The molecule has 0 radical (unpaired) electrons. The van der Waals surface area contributed by atoms with Crippen LogP contribution in [0.2, 0.25) is 0 Å². The molecule has 2 aliphatic rings. The van der Waals surface area contributed by atoms with Gasteiger partial charge in [0.25, 0.3) is 0 Å². The van der Waals surface area contributed by atoms with Crippen LogP contribution in [0.25, 0.3) is 0 Å². The summed E-state index contributed by atoms with van der Waals surface area (Å²) in [6.07, 6.45) is 0. The Labute approximate surface area is 158 Å². The van der Waals surface area contributed by atoms with E-state index >= 15 is 0 Å². The van der Waals surface area contributed by atoms with Crippen LogP contribution in [0.4, 0.5) is 0 Å². The molecule has 23 heavy (non-hydrogen) atoms. The third-order valence-electron chi connectivity index (χ3n) is 5.52. The van der Waals surface area contributed by atoms with E-state index in [-0.39, 0.29) is 21.7 Å². The maximum absolute atomic E-state index is 7.00. The van der Waals surface area contributed by atoms with Gasteiger partial charge in [-0.05, 0) is 0 Å². The van der Waals surface area contributed by atoms with E-state index < -0.39 is 0 Å². The molecule has 0 bridgehead atoms. The van der Waals surface area contributed by atoms with Crippen molar-refractivity contribution in [2.24, 2.45) is 23.7 Å². The first-order valence-corrected chi connectivity index (χ1v) is 7.97. The van der Waals surface area contributed by atoms with Crippen LogP contribution in [0.1, 0.15) is 48.5 Å². The fourth-order valence-electron chi connectivity index (χ4n) is 3.67. The van der Waals surface area contributed by atoms with Crippen molar-refractivity contribution in [3.63, 3.8) is 0 Å². The van der Waals surface area contributed by atoms with E-state index in [0.717, 1.165) is 39.1 Å². The molecule has 0 aromatic rings. The second-order valence-electron chi connectivity index (χ2n) is 5.98. The first kappa shape index (κ1) is 27.8. The van der Waals surface area contributed by atoms with E-state index in [4.69, 9.17) is 15.3 Å². The zero-order chi connectivity index (χ0) is 18.2. The van der Waals surface area contributed by atoms with Gasteiger partial charge in [0.05, 0.1) is 0 Å². The Balaban J connectivity index is -0.000000514. The van der Waals surface area contributed by atoms with Gasteiger partial charge in [0, 0.05) is 43.0 Å². The summed E-state index contributed by atoms with van der Waals surface area (Å²) in [6, 6.07) is 0. The predicted molar refractivity (Wildman–Crippen MR) is 95.4 cm³/mol. The van der Waals surface area contributed by atoms with Crippen molar-refractivity contribution in [1.82, 2.24) is 0 Å². The topological polar surface area (TPSA) is 60.7 Å². The van der Waals surface area contributed by atoms with E-state index in [1.807, 2.05) is 0 Å². The average Bonchev–Trinajstić information content (AvgIpc) is 2.81. The third-order valence-corrected chi connectivity index (χ3v) is 5.52. The van der Waals surface area contributed by atoms with Crippen LogP contribution in [0, 0.1) is 29.6 Å². The molecule has 0 saturated heterocycles. The van der Waals surface area contributed by atoms with E-state index in [1.165, 1.54) is 0 Å². The summed E-state index contributed by atoms with van der Waals surface area (Å²) < 4.78 is 0. The van der Waals surface area contributed by atoms with E-state index in [1.54, 1.807) is 28.2 Å². The number of aliphatic hydroxyl groups is 3. The molecule has 0 spiro atoms. The minimum atomic E-state index is 0. The third kappa shape index (κ3) is 5.47. The SMILES string of the molecule is CC1=C(C)C(C)C2=C1[C-](C)C(C)C(C)C2C.CO.CO.CO.[Ti]. The molecule has 4 atom stereocenters. The summed E-state index contributed by atoms with van der Waals surface area (Å²) in [5.74, 6) is 4.58. The Morgan fingerprint density at radius 3 is 1.61 bits per heavy atom. The average molecular weight is 361 g/mol. The molecule has 2 rings (SSSR count). The Bertz CT molecular complexity index is 388. The maximum atomic E-state index is 7.00. The molecule has 0 heterocycles. The number of rotatable bonds is 0. The second-order valence-corrected chi connectivity index (χ2v) is 5.98. The zero-order valence-corrected chi connectivity index (χ0v) is 18.2. The van der Waals surface area contributed by atoms with Gasteiger partial charge in [-0.25, -0.2) is 0 Å². The zero-order valence-electron chi connectivity index (χ0n) is 16.7. The molecule has 3 nitrogen and oxygen atoms in total. The molecular weight excluding hydrogens is 324 g/mol. The number of aliphatic hydroxyl groups excluding tert-OH is 3. The Hall–Kier alpha value is -0.0557. The van der Waals surface area contributed by atoms with Gasteiger partial charge < -0.3 is 15.3 Å². The van der Waals surface area contributed by atoms with Crippen LogP contribution in [0.5, 0.6) is 0 Å². The molecule has 4 unspecified atom stereocenters. The van der Waals surface area contributed by atoms with Gasteiger partial charge in [-0.1, -0.05) is 72.1 Å². The van der Waals surface area contributed by atoms with E-state index in [0.29, 0.717) is 5.92 Å². The quantitative estimate of drug-likeness (QED) is 0.456. The van der Waals surface area contributed by atoms with Crippen molar-refractivity contribution in [3.8, 4) is 0 Å². The fraction of sp³-hybridized carbons (Fsp3) is 0.737. The standard InChI is InChI=1S/C16H25.3CH4O.Ti/c1-8-9(2)12(5)16-14(7)10(3)13(6)15(16)11(8)4;3*1-2;/h8-9,11,13H,1-7H3;3*2H,1H3;/q-1;;;;. The van der Waals surface area contributed by atoms with Crippen LogP contribution in [-0.4, -0.2) is 36.6 Å². The summed E-state index contributed by atoms with van der Waals surface area (Å²) in [7, 11) is 3.00. The fourth-order valence-corrected chi connectivity index (χ4v) is 3.67. The van der Waals surface area contributed by atoms with E-state index in [9.17, 15) is 0 Å². The first-order chi connectivity index (χ1) is 10.4. The summed E-state index contributed by atoms with van der Waals surface area (Å²) in [6.45, 7) is 16.6. The second kappa shape index (κ2) is 13.3. The Morgan fingerprint density at radius 2 is 1.22 bits per heavy atom. The van der Waals surface area contributed by atoms with Gasteiger partial charge in [-0.15, -0.1) is 5.57 Å². The minimum Gasteiger partial charge on any atom is -0.400 e. The minimum absolute atomic E-state index is 0. The van der Waals surface area contributed by atoms with Crippen molar-refractivity contribution in [2.45, 2.75) is 48.5 Å². The number of hydrogen-bond acceptors (Lipinski definition) is 3. The molecule has 0 amide bonds. The van der Waals surface area contributed by atoms with Crippen LogP contribution in [-0.2, 0) is 21.7 Å². The van der Waals surface area contributed by atoms with Crippen molar-refractivity contribution in [1.29, 1.82) is 0 Å². The molecule has 4 heteroatoms. The van der Waals surface area contributed by atoms with Crippen LogP contribution < -0.4 is 0 Å². The van der Waals surface area contributed by atoms with Crippen LogP contribution in [0.15, 0.2) is 22.3 Å². The van der Waals surface area contributed by atoms with Gasteiger partial charge in [0.15, 0.2) is 0 Å². The Morgan fingerprint density at radius 1 is 0.826 bits per heavy atom. The largest absolute Gasteiger partial charge is 0.400 e. The van der Waals surface area contributed by atoms with Gasteiger partial charge in [-0.3, -0.25) is 0 Å². The van der Waals surface area contributed by atoms with Crippen LogP contribution in [0.3, 0.4) is 0 Å². The van der Waals surface area contributed by atoms with Crippen molar-refractivity contribution >= 4 is 0 Å². The molecule has 0 aromatic heterocycles. The van der Waals surface area contributed by atoms with Crippen molar-refractivity contribution < 1.29 is 37.0 Å².